The largest absolute Gasteiger partial charge is 0.465 e. The number of rotatable bonds is 8. The number of likely N-dealkylation sites (tertiary alicyclic amines) is 1. The normalized spacial score (nSPS) is 15.2. The van der Waals surface area contributed by atoms with Gasteiger partial charge in [0.25, 0.3) is 0 Å². The van der Waals surface area contributed by atoms with Gasteiger partial charge in [-0.2, -0.15) is 0 Å². The highest BCUT2D eigenvalue weighted by Gasteiger charge is 2.40. The number of amides is 1. The summed E-state index contributed by atoms with van der Waals surface area (Å²) in [6.07, 6.45) is -1.05. The summed E-state index contributed by atoms with van der Waals surface area (Å²) in [5, 5.41) is 11.0. The maximum Gasteiger partial charge on any atom is 0.407 e. The minimum Gasteiger partial charge on any atom is -0.465 e. The van der Waals surface area contributed by atoms with Crippen molar-refractivity contribution >= 4 is 29.3 Å². The van der Waals surface area contributed by atoms with E-state index in [9.17, 15) is 18.7 Å². The number of hydrogen-bond acceptors (Lipinski definition) is 2. The third kappa shape index (κ3) is 6.00. The lowest BCUT2D eigenvalue weighted by atomic mass is 9.78. The Bertz CT molecular complexity index is 1130. The average molecular weight is 533 g/mol. The van der Waals surface area contributed by atoms with E-state index in [1.807, 2.05) is 48.5 Å². The van der Waals surface area contributed by atoms with Gasteiger partial charge < -0.3 is 10.0 Å². The molecular weight excluding hydrogens is 505 g/mol. The van der Waals surface area contributed by atoms with Gasteiger partial charge in [-0.15, -0.1) is 0 Å². The molecule has 0 saturated carbocycles. The van der Waals surface area contributed by atoms with Crippen LogP contribution >= 0.6 is 23.2 Å². The molecule has 0 aromatic heterocycles. The van der Waals surface area contributed by atoms with Gasteiger partial charge in [0.2, 0.25) is 0 Å². The summed E-state index contributed by atoms with van der Waals surface area (Å²) in [5.74, 6) is -1.69. The van der Waals surface area contributed by atoms with Gasteiger partial charge in [-0.1, -0.05) is 47.5 Å². The highest BCUT2D eigenvalue weighted by molar-refractivity contribution is 6.30. The van der Waals surface area contributed by atoms with Gasteiger partial charge in [-0.05, 0) is 72.9 Å². The Morgan fingerprint density at radius 1 is 0.917 bits per heavy atom. The standard InChI is InChI=1S/C28H28Cl2F2N2O2/c1-17(2)34(28(35)36)16-26(20-11-24(31)13-25(32)12-20)21-14-33(15-21)27(18-3-7-22(29)8-4-18)19-5-9-23(30)10-6-19/h3-13,17,21,26-27H,14-16H2,1-2H3,(H,35,36). The van der Waals surface area contributed by atoms with Crippen LogP contribution in [0.15, 0.2) is 66.7 Å². The summed E-state index contributed by atoms with van der Waals surface area (Å²) in [5.41, 5.74) is 2.59. The average Bonchev–Trinajstić information content (AvgIpc) is 2.78. The van der Waals surface area contributed by atoms with Crippen molar-refractivity contribution in [1.29, 1.82) is 0 Å². The predicted molar refractivity (Wildman–Crippen MR) is 139 cm³/mol. The molecule has 36 heavy (non-hydrogen) atoms. The molecule has 0 radical (unpaired) electrons. The van der Waals surface area contributed by atoms with Crippen molar-refractivity contribution in [3.8, 4) is 0 Å². The van der Waals surface area contributed by atoms with Crippen LogP contribution in [0.25, 0.3) is 0 Å². The first-order chi connectivity index (χ1) is 17.1. The van der Waals surface area contributed by atoms with Gasteiger partial charge in [-0.25, -0.2) is 13.6 Å². The molecule has 0 bridgehead atoms. The first kappa shape index (κ1) is 26.4. The molecule has 4 nitrogen and oxygen atoms in total. The summed E-state index contributed by atoms with van der Waals surface area (Å²) in [6.45, 7) is 5.00. The molecule has 0 aliphatic carbocycles. The lowest BCUT2D eigenvalue weighted by molar-refractivity contribution is 0.0390. The Kier molecular flexibility index (Phi) is 8.18. The predicted octanol–water partition coefficient (Wildman–Crippen LogP) is 7.47. The van der Waals surface area contributed by atoms with E-state index in [2.05, 4.69) is 4.90 Å². The van der Waals surface area contributed by atoms with Crippen LogP contribution in [0.5, 0.6) is 0 Å². The molecule has 1 aliphatic heterocycles. The summed E-state index contributed by atoms with van der Waals surface area (Å²) in [4.78, 5) is 15.5. The Morgan fingerprint density at radius 2 is 1.39 bits per heavy atom. The van der Waals surface area contributed by atoms with E-state index in [0.717, 1.165) is 17.2 Å². The maximum absolute atomic E-state index is 14.1. The van der Waals surface area contributed by atoms with Gasteiger partial charge in [0.15, 0.2) is 0 Å². The van der Waals surface area contributed by atoms with Crippen LogP contribution in [0.4, 0.5) is 13.6 Å². The molecular formula is C28H28Cl2F2N2O2. The smallest absolute Gasteiger partial charge is 0.407 e. The first-order valence-electron chi connectivity index (χ1n) is 11.8. The summed E-state index contributed by atoms with van der Waals surface area (Å²) in [7, 11) is 0. The number of hydrogen-bond donors (Lipinski definition) is 1. The second-order valence-electron chi connectivity index (χ2n) is 9.56. The molecule has 1 heterocycles. The number of nitrogens with zero attached hydrogens (tertiary/aromatic N) is 2. The van der Waals surface area contributed by atoms with Crippen molar-refractivity contribution in [3.05, 3.63) is 105 Å². The van der Waals surface area contributed by atoms with E-state index < -0.39 is 17.7 Å². The lowest BCUT2D eigenvalue weighted by Gasteiger charge is -2.48. The number of carbonyl (C=O) groups is 1. The number of halogens is 4. The van der Waals surface area contributed by atoms with Crippen LogP contribution < -0.4 is 0 Å². The Morgan fingerprint density at radius 3 is 1.81 bits per heavy atom. The SMILES string of the molecule is CC(C)N(CC(c1cc(F)cc(F)c1)C1CN(C(c2ccc(Cl)cc2)c2ccc(Cl)cc2)C1)C(=O)O. The van der Waals surface area contributed by atoms with E-state index in [1.54, 1.807) is 13.8 Å². The second kappa shape index (κ2) is 11.2. The summed E-state index contributed by atoms with van der Waals surface area (Å²) in [6, 6.07) is 18.5. The van der Waals surface area contributed by atoms with E-state index in [4.69, 9.17) is 23.2 Å². The van der Waals surface area contributed by atoms with Crippen LogP contribution in [-0.4, -0.2) is 46.7 Å². The van der Waals surface area contributed by atoms with Gasteiger partial charge in [0, 0.05) is 47.7 Å². The van der Waals surface area contributed by atoms with Crippen molar-refractivity contribution in [3.63, 3.8) is 0 Å². The van der Waals surface area contributed by atoms with Crippen LogP contribution in [0.2, 0.25) is 10.0 Å². The Labute approximate surface area is 220 Å². The molecule has 190 valence electrons. The van der Waals surface area contributed by atoms with Crippen molar-refractivity contribution in [2.75, 3.05) is 19.6 Å². The molecule has 1 amide bonds. The molecule has 3 aromatic rings. The lowest BCUT2D eigenvalue weighted by Crippen LogP contribution is -2.53. The zero-order valence-electron chi connectivity index (χ0n) is 20.0. The molecule has 0 spiro atoms. The van der Waals surface area contributed by atoms with E-state index in [0.29, 0.717) is 28.7 Å². The summed E-state index contributed by atoms with van der Waals surface area (Å²) < 4.78 is 28.3. The molecule has 1 atom stereocenters. The summed E-state index contributed by atoms with van der Waals surface area (Å²) >= 11 is 12.2. The van der Waals surface area contributed by atoms with Crippen LogP contribution in [0, 0.1) is 17.6 Å². The van der Waals surface area contributed by atoms with Gasteiger partial charge in [0.1, 0.15) is 11.6 Å². The molecule has 1 aliphatic rings. The van der Waals surface area contributed by atoms with Crippen LogP contribution in [-0.2, 0) is 0 Å². The highest BCUT2D eigenvalue weighted by atomic mass is 35.5. The monoisotopic (exact) mass is 532 g/mol. The Hall–Kier alpha value is -2.67. The number of carboxylic acid groups (broad SMARTS) is 1. The fourth-order valence-corrected chi connectivity index (χ4v) is 5.21. The van der Waals surface area contributed by atoms with Crippen molar-refractivity contribution in [1.82, 2.24) is 9.80 Å². The zero-order valence-corrected chi connectivity index (χ0v) is 21.6. The van der Waals surface area contributed by atoms with E-state index >= 15 is 0 Å². The number of benzene rings is 3. The molecule has 1 fully saturated rings. The molecule has 1 saturated heterocycles. The minimum absolute atomic E-state index is 0.00824. The topological polar surface area (TPSA) is 43.8 Å². The molecule has 8 heteroatoms. The molecule has 1 N–H and O–H groups in total. The van der Waals surface area contributed by atoms with Crippen molar-refractivity contribution in [2.24, 2.45) is 5.92 Å². The van der Waals surface area contributed by atoms with Crippen LogP contribution in [0.3, 0.4) is 0 Å². The third-order valence-electron chi connectivity index (χ3n) is 6.82. The van der Waals surface area contributed by atoms with Gasteiger partial charge in [0.05, 0.1) is 6.04 Å². The van der Waals surface area contributed by atoms with Crippen LogP contribution in [0.1, 0.15) is 42.5 Å². The second-order valence-corrected chi connectivity index (χ2v) is 10.4. The zero-order chi connectivity index (χ0) is 26.0. The molecule has 1 unspecified atom stereocenters. The van der Waals surface area contributed by atoms with Crippen molar-refractivity contribution < 1.29 is 18.7 Å². The quantitative estimate of drug-likeness (QED) is 0.327. The van der Waals surface area contributed by atoms with E-state index in [-0.39, 0.29) is 30.5 Å². The van der Waals surface area contributed by atoms with Gasteiger partial charge >= 0.3 is 6.09 Å². The van der Waals surface area contributed by atoms with Gasteiger partial charge in [-0.3, -0.25) is 4.90 Å². The fraction of sp³-hybridized carbons (Fsp3) is 0.321. The third-order valence-corrected chi connectivity index (χ3v) is 7.32. The minimum atomic E-state index is -1.05. The van der Waals surface area contributed by atoms with Crippen molar-refractivity contribution in [2.45, 2.75) is 31.8 Å². The fourth-order valence-electron chi connectivity index (χ4n) is 4.96. The molecule has 4 rings (SSSR count). The van der Waals surface area contributed by atoms with E-state index in [1.165, 1.54) is 17.0 Å². The highest BCUT2D eigenvalue weighted by Crippen LogP contribution is 2.41. The maximum atomic E-state index is 14.1. The molecule has 3 aromatic carbocycles. The Balaban J connectivity index is 1.63. The first-order valence-corrected chi connectivity index (χ1v) is 12.6.